The third-order valence-electron chi connectivity index (χ3n) is 6.81. The standard InChI is InChI=1S/C26H35NO/c1-18-9-19(2)12-23(11-18)15-27-8-6-7-26(17-27)14-24(16-28-26)25-13-20(3)10-21(4)22(25)5/h9-13,24H,6-8,14-17H2,1-5H3. The number of nitrogens with zero attached hydrogens (tertiary/aromatic N) is 1. The molecule has 0 N–H and O–H groups in total. The Morgan fingerprint density at radius 1 is 0.964 bits per heavy atom. The van der Waals surface area contributed by atoms with Crippen LogP contribution >= 0.6 is 0 Å². The summed E-state index contributed by atoms with van der Waals surface area (Å²) in [5.74, 6) is 0.541. The van der Waals surface area contributed by atoms with Crippen molar-refractivity contribution < 1.29 is 4.74 Å². The average Bonchev–Trinajstić information content (AvgIpc) is 3.00. The van der Waals surface area contributed by atoms with Gasteiger partial charge in [-0.15, -0.1) is 0 Å². The minimum Gasteiger partial charge on any atom is -0.373 e. The highest BCUT2D eigenvalue weighted by Gasteiger charge is 2.44. The van der Waals surface area contributed by atoms with E-state index in [2.05, 4.69) is 69.9 Å². The van der Waals surface area contributed by atoms with E-state index in [1.165, 1.54) is 64.8 Å². The summed E-state index contributed by atoms with van der Waals surface area (Å²) in [5, 5.41) is 0. The molecule has 4 rings (SSSR count). The van der Waals surface area contributed by atoms with Crippen molar-refractivity contribution in [1.29, 1.82) is 0 Å². The highest BCUT2D eigenvalue weighted by molar-refractivity contribution is 5.40. The van der Waals surface area contributed by atoms with Gasteiger partial charge in [-0.25, -0.2) is 0 Å². The minimum atomic E-state index is 0.0475. The lowest BCUT2D eigenvalue weighted by atomic mass is 9.82. The van der Waals surface area contributed by atoms with Gasteiger partial charge < -0.3 is 4.74 Å². The van der Waals surface area contributed by atoms with E-state index in [1.54, 1.807) is 0 Å². The Morgan fingerprint density at radius 2 is 1.68 bits per heavy atom. The van der Waals surface area contributed by atoms with Crippen molar-refractivity contribution in [2.45, 2.75) is 71.9 Å². The monoisotopic (exact) mass is 377 g/mol. The molecule has 0 saturated carbocycles. The number of likely N-dealkylation sites (tertiary alicyclic amines) is 1. The number of rotatable bonds is 3. The minimum absolute atomic E-state index is 0.0475. The first-order valence-electron chi connectivity index (χ1n) is 10.8. The Kier molecular flexibility index (Phi) is 5.37. The second kappa shape index (κ2) is 7.65. The lowest BCUT2D eigenvalue weighted by molar-refractivity contribution is -0.0533. The summed E-state index contributed by atoms with van der Waals surface area (Å²) in [7, 11) is 0. The molecular weight excluding hydrogens is 342 g/mol. The number of hydrogen-bond donors (Lipinski definition) is 0. The maximum absolute atomic E-state index is 6.56. The van der Waals surface area contributed by atoms with E-state index in [1.807, 2.05) is 0 Å². The molecule has 2 unspecified atom stereocenters. The van der Waals surface area contributed by atoms with E-state index in [9.17, 15) is 0 Å². The quantitative estimate of drug-likeness (QED) is 0.673. The van der Waals surface area contributed by atoms with Gasteiger partial charge in [0.1, 0.15) is 0 Å². The topological polar surface area (TPSA) is 12.5 Å². The highest BCUT2D eigenvalue weighted by atomic mass is 16.5. The third-order valence-corrected chi connectivity index (χ3v) is 6.81. The van der Waals surface area contributed by atoms with Crippen molar-refractivity contribution in [2.24, 2.45) is 0 Å². The fraction of sp³-hybridized carbons (Fsp3) is 0.538. The molecule has 0 aromatic heterocycles. The van der Waals surface area contributed by atoms with E-state index in [0.29, 0.717) is 5.92 Å². The molecule has 150 valence electrons. The maximum atomic E-state index is 6.56. The number of ether oxygens (including phenoxy) is 1. The predicted molar refractivity (Wildman–Crippen MR) is 117 cm³/mol. The van der Waals surface area contributed by atoms with Gasteiger partial charge in [-0.05, 0) is 82.7 Å². The van der Waals surface area contributed by atoms with E-state index >= 15 is 0 Å². The summed E-state index contributed by atoms with van der Waals surface area (Å²) in [6.07, 6.45) is 3.61. The van der Waals surface area contributed by atoms with Crippen LogP contribution in [0.25, 0.3) is 0 Å². The van der Waals surface area contributed by atoms with Crippen LogP contribution in [0.1, 0.15) is 64.1 Å². The first-order valence-corrected chi connectivity index (χ1v) is 10.8. The zero-order chi connectivity index (χ0) is 19.9. The second-order valence-corrected chi connectivity index (χ2v) is 9.50. The smallest absolute Gasteiger partial charge is 0.0816 e. The number of hydrogen-bond acceptors (Lipinski definition) is 2. The number of benzene rings is 2. The molecule has 2 aliphatic heterocycles. The maximum Gasteiger partial charge on any atom is 0.0816 e. The highest BCUT2D eigenvalue weighted by Crippen LogP contribution is 2.43. The van der Waals surface area contributed by atoms with Gasteiger partial charge in [-0.1, -0.05) is 47.0 Å². The van der Waals surface area contributed by atoms with Gasteiger partial charge in [0, 0.05) is 19.0 Å². The number of piperidine rings is 1. The first-order chi connectivity index (χ1) is 13.3. The van der Waals surface area contributed by atoms with Crippen LogP contribution in [0.2, 0.25) is 0 Å². The molecule has 0 amide bonds. The molecule has 28 heavy (non-hydrogen) atoms. The molecule has 2 atom stereocenters. The summed E-state index contributed by atoms with van der Waals surface area (Å²) >= 11 is 0. The molecule has 2 heterocycles. The summed E-state index contributed by atoms with van der Waals surface area (Å²) in [6.45, 7) is 15.3. The van der Waals surface area contributed by atoms with Crippen LogP contribution in [-0.4, -0.2) is 30.2 Å². The summed E-state index contributed by atoms with van der Waals surface area (Å²) in [5.41, 5.74) is 9.98. The predicted octanol–water partition coefficient (Wildman–Crippen LogP) is 5.77. The van der Waals surface area contributed by atoms with E-state index in [4.69, 9.17) is 4.74 Å². The summed E-state index contributed by atoms with van der Waals surface area (Å²) < 4.78 is 6.56. The van der Waals surface area contributed by atoms with Gasteiger partial charge in [0.05, 0.1) is 12.2 Å². The molecule has 2 aromatic rings. The van der Waals surface area contributed by atoms with Crippen molar-refractivity contribution >= 4 is 0 Å². The van der Waals surface area contributed by atoms with Gasteiger partial charge in [-0.3, -0.25) is 4.90 Å². The largest absolute Gasteiger partial charge is 0.373 e. The molecule has 2 saturated heterocycles. The molecule has 0 aliphatic carbocycles. The molecule has 2 nitrogen and oxygen atoms in total. The van der Waals surface area contributed by atoms with E-state index < -0.39 is 0 Å². The lowest BCUT2D eigenvalue weighted by Crippen LogP contribution is -2.47. The van der Waals surface area contributed by atoms with Gasteiger partial charge in [0.25, 0.3) is 0 Å². The van der Waals surface area contributed by atoms with Crippen LogP contribution in [0.4, 0.5) is 0 Å². The van der Waals surface area contributed by atoms with Crippen LogP contribution in [0.5, 0.6) is 0 Å². The van der Waals surface area contributed by atoms with Crippen molar-refractivity contribution in [2.75, 3.05) is 19.7 Å². The van der Waals surface area contributed by atoms with Crippen LogP contribution < -0.4 is 0 Å². The molecular formula is C26H35NO. The first kappa shape index (κ1) is 19.7. The molecule has 2 aromatic carbocycles. The van der Waals surface area contributed by atoms with E-state index in [-0.39, 0.29) is 5.60 Å². The van der Waals surface area contributed by atoms with Crippen molar-refractivity contribution in [3.05, 3.63) is 69.3 Å². The Balaban J connectivity index is 1.49. The van der Waals surface area contributed by atoms with Gasteiger partial charge >= 0.3 is 0 Å². The SMILES string of the molecule is Cc1cc(C)cc(CN2CCCC3(CC(c4cc(C)cc(C)c4C)CO3)C2)c1. The van der Waals surface area contributed by atoms with Gasteiger partial charge in [0.15, 0.2) is 0 Å². The van der Waals surface area contributed by atoms with Gasteiger partial charge in [0.2, 0.25) is 0 Å². The molecule has 0 bridgehead atoms. The van der Waals surface area contributed by atoms with Crippen molar-refractivity contribution in [1.82, 2.24) is 4.90 Å². The molecule has 0 radical (unpaired) electrons. The third kappa shape index (κ3) is 4.04. The van der Waals surface area contributed by atoms with Crippen molar-refractivity contribution in [3.8, 4) is 0 Å². The number of aryl methyl sites for hydroxylation is 4. The molecule has 2 aliphatic rings. The lowest BCUT2D eigenvalue weighted by Gasteiger charge is -2.40. The Bertz CT molecular complexity index is 851. The van der Waals surface area contributed by atoms with Crippen LogP contribution in [0.15, 0.2) is 30.3 Å². The normalized spacial score (nSPS) is 25.5. The van der Waals surface area contributed by atoms with Crippen LogP contribution in [0.3, 0.4) is 0 Å². The zero-order valence-electron chi connectivity index (χ0n) is 18.3. The van der Waals surface area contributed by atoms with Crippen LogP contribution in [0, 0.1) is 34.6 Å². The van der Waals surface area contributed by atoms with E-state index in [0.717, 1.165) is 19.7 Å². The van der Waals surface area contributed by atoms with Gasteiger partial charge in [-0.2, -0.15) is 0 Å². The molecule has 2 fully saturated rings. The fourth-order valence-electron chi connectivity index (χ4n) is 5.57. The average molecular weight is 378 g/mol. The van der Waals surface area contributed by atoms with Crippen molar-refractivity contribution in [3.63, 3.8) is 0 Å². The fourth-order valence-corrected chi connectivity index (χ4v) is 5.57. The summed E-state index contributed by atoms with van der Waals surface area (Å²) in [4.78, 5) is 2.62. The second-order valence-electron chi connectivity index (χ2n) is 9.50. The molecule has 2 heteroatoms. The molecule has 1 spiro atoms. The Hall–Kier alpha value is -1.64. The Labute approximate surface area is 170 Å². The Morgan fingerprint density at radius 3 is 2.43 bits per heavy atom. The summed E-state index contributed by atoms with van der Waals surface area (Å²) in [6, 6.07) is 11.6. The van der Waals surface area contributed by atoms with Crippen LogP contribution in [-0.2, 0) is 11.3 Å². The zero-order valence-corrected chi connectivity index (χ0v) is 18.3.